The van der Waals surface area contributed by atoms with Crippen molar-refractivity contribution < 1.29 is 31.1 Å². The summed E-state index contributed by atoms with van der Waals surface area (Å²) in [6, 6.07) is 0.981. The Labute approximate surface area is 215 Å². The number of nitrogens with zero attached hydrogens (tertiary/aromatic N) is 6. The lowest BCUT2D eigenvalue weighted by Gasteiger charge is -2.29. The Morgan fingerprint density at radius 3 is 2.05 bits per heavy atom. The van der Waals surface area contributed by atoms with E-state index in [4.69, 9.17) is 0 Å². The lowest BCUT2D eigenvalue weighted by atomic mass is 10.0. The van der Waals surface area contributed by atoms with Gasteiger partial charge in [-0.3, -0.25) is 9.48 Å². The quantitative estimate of drug-likeness (QED) is 0.396. The molecule has 3 heterocycles. The summed E-state index contributed by atoms with van der Waals surface area (Å²) in [6.07, 6.45) is -2.40. The summed E-state index contributed by atoms with van der Waals surface area (Å²) in [5.41, 5.74) is -1.59. The van der Waals surface area contributed by atoms with Crippen LogP contribution < -0.4 is 4.90 Å². The molecule has 1 aliphatic rings. The van der Waals surface area contributed by atoms with Crippen LogP contribution in [0, 0.1) is 0 Å². The number of hydrogen-bond donors (Lipinski definition) is 0. The van der Waals surface area contributed by atoms with Crippen LogP contribution in [-0.4, -0.2) is 49.2 Å². The topological polar surface area (TPSA) is 67.2 Å². The minimum absolute atomic E-state index is 0.104. The smallest absolute Gasteiger partial charge is 0.338 e. The number of amides is 1. The van der Waals surface area contributed by atoms with Gasteiger partial charge >= 0.3 is 12.4 Å². The fraction of sp³-hybridized carbons (Fsp3) is 0.440. The molecule has 1 aliphatic heterocycles. The Bertz CT molecular complexity index is 1250. The zero-order chi connectivity index (χ0) is 27.8. The number of aromatic nitrogens is 4. The summed E-state index contributed by atoms with van der Waals surface area (Å²) in [4.78, 5) is 24.2. The van der Waals surface area contributed by atoms with Crippen LogP contribution in [0.15, 0.2) is 43.0 Å². The maximum Gasteiger partial charge on any atom is 0.416 e. The molecule has 0 aliphatic carbocycles. The van der Waals surface area contributed by atoms with Crippen LogP contribution in [0.5, 0.6) is 0 Å². The molecule has 4 rings (SSSR count). The summed E-state index contributed by atoms with van der Waals surface area (Å²) in [7, 11) is 1.75. The molecular weight excluding hydrogens is 514 g/mol. The Morgan fingerprint density at radius 2 is 1.61 bits per heavy atom. The number of hydrogen-bond acceptors (Lipinski definition) is 5. The molecule has 1 fully saturated rings. The molecule has 7 nitrogen and oxygen atoms in total. The van der Waals surface area contributed by atoms with E-state index in [9.17, 15) is 31.1 Å². The van der Waals surface area contributed by atoms with Crippen molar-refractivity contribution in [2.45, 2.75) is 57.7 Å². The normalized spacial score (nSPS) is 18.2. The number of likely N-dealkylation sites (tertiary alicyclic amines) is 1. The van der Waals surface area contributed by atoms with E-state index >= 15 is 0 Å². The zero-order valence-electron chi connectivity index (χ0n) is 20.9. The molecule has 0 unspecified atom stereocenters. The van der Waals surface area contributed by atoms with Gasteiger partial charge in [0.2, 0.25) is 11.9 Å². The van der Waals surface area contributed by atoms with Crippen molar-refractivity contribution in [3.63, 3.8) is 0 Å². The number of alkyl halides is 6. The molecule has 0 radical (unpaired) electrons. The number of benzene rings is 1. The minimum Gasteiger partial charge on any atom is -0.338 e. The van der Waals surface area contributed by atoms with Crippen LogP contribution in [0.25, 0.3) is 11.1 Å². The van der Waals surface area contributed by atoms with Crippen LogP contribution in [0.3, 0.4) is 0 Å². The fourth-order valence-corrected chi connectivity index (χ4v) is 4.75. The van der Waals surface area contributed by atoms with Crippen molar-refractivity contribution in [1.82, 2.24) is 24.6 Å². The highest BCUT2D eigenvalue weighted by molar-refractivity contribution is 5.74. The largest absolute Gasteiger partial charge is 0.416 e. The monoisotopic (exact) mass is 540 g/mol. The van der Waals surface area contributed by atoms with E-state index < -0.39 is 29.5 Å². The molecule has 38 heavy (non-hydrogen) atoms. The Hall–Kier alpha value is -3.64. The van der Waals surface area contributed by atoms with Gasteiger partial charge in [0.15, 0.2) is 0 Å². The summed E-state index contributed by atoms with van der Waals surface area (Å²) < 4.78 is 82.5. The molecule has 2 atom stereocenters. The van der Waals surface area contributed by atoms with Crippen LogP contribution >= 0.6 is 0 Å². The molecule has 1 aromatic carbocycles. The predicted molar refractivity (Wildman–Crippen MR) is 127 cm³/mol. The van der Waals surface area contributed by atoms with Gasteiger partial charge < -0.3 is 9.80 Å². The summed E-state index contributed by atoms with van der Waals surface area (Å²) in [5, 5.41) is 4.10. The standard InChI is InChI=1S/C25H26F6N6O/c1-4-21-8-22(14-36(21)15(2)38)37(23-32-9-17(10-33-23)18-11-34-35(3)13-18)12-16-5-19(24(26,27)28)7-20(6-16)25(29,30)31/h5-7,9-11,13,21-22H,4,8,12,14H2,1-3H3/t21-,22+/m1/s1. The van der Waals surface area contributed by atoms with Gasteiger partial charge in [0.25, 0.3) is 0 Å². The maximum atomic E-state index is 13.5. The highest BCUT2D eigenvalue weighted by atomic mass is 19.4. The van der Waals surface area contributed by atoms with Crippen molar-refractivity contribution in [2.24, 2.45) is 7.05 Å². The third-order valence-corrected chi connectivity index (χ3v) is 6.64. The molecule has 0 N–H and O–H groups in total. The molecule has 0 spiro atoms. The van der Waals surface area contributed by atoms with Gasteiger partial charge in [-0.05, 0) is 36.6 Å². The van der Waals surface area contributed by atoms with E-state index in [2.05, 4.69) is 15.1 Å². The Morgan fingerprint density at radius 1 is 1.00 bits per heavy atom. The van der Waals surface area contributed by atoms with Gasteiger partial charge in [-0.1, -0.05) is 6.92 Å². The average Bonchev–Trinajstić information content (AvgIpc) is 3.48. The number of carbonyl (C=O) groups excluding carboxylic acids is 1. The second-order valence-corrected chi connectivity index (χ2v) is 9.34. The average molecular weight is 541 g/mol. The first-order chi connectivity index (χ1) is 17.8. The molecule has 0 bridgehead atoms. The molecule has 3 aromatic rings. The first-order valence-corrected chi connectivity index (χ1v) is 11.9. The molecule has 2 aromatic heterocycles. The van der Waals surface area contributed by atoms with Gasteiger partial charge in [0.05, 0.1) is 23.4 Å². The first-order valence-electron chi connectivity index (χ1n) is 11.9. The van der Waals surface area contributed by atoms with Gasteiger partial charge in [-0.25, -0.2) is 9.97 Å². The molecule has 1 amide bonds. The number of rotatable bonds is 6. The number of halogens is 6. The Balaban J connectivity index is 1.74. The minimum atomic E-state index is -4.96. The van der Waals surface area contributed by atoms with Gasteiger partial charge in [0.1, 0.15) is 0 Å². The first kappa shape index (κ1) is 27.4. The number of carbonyl (C=O) groups is 1. The van der Waals surface area contributed by atoms with Crippen LogP contribution in [0.4, 0.5) is 32.3 Å². The van der Waals surface area contributed by atoms with Gasteiger partial charge in [-0.2, -0.15) is 31.4 Å². The second-order valence-electron chi connectivity index (χ2n) is 9.34. The molecule has 0 saturated carbocycles. The van der Waals surface area contributed by atoms with E-state index in [0.717, 1.165) is 5.56 Å². The molecule has 1 saturated heterocycles. The van der Waals surface area contributed by atoms with Gasteiger partial charge in [-0.15, -0.1) is 0 Å². The predicted octanol–water partition coefficient (Wildman–Crippen LogP) is 5.32. The van der Waals surface area contributed by atoms with Crippen molar-refractivity contribution in [2.75, 3.05) is 11.4 Å². The van der Waals surface area contributed by atoms with E-state index in [-0.39, 0.29) is 42.6 Å². The van der Waals surface area contributed by atoms with E-state index in [0.29, 0.717) is 30.5 Å². The second kappa shape index (κ2) is 10.3. The van der Waals surface area contributed by atoms with Gasteiger partial charge in [0, 0.05) is 62.8 Å². The third kappa shape index (κ3) is 5.91. The fourth-order valence-electron chi connectivity index (χ4n) is 4.75. The summed E-state index contributed by atoms with van der Waals surface area (Å²) in [6.45, 7) is 3.27. The SMILES string of the molecule is CC[C@@H]1C[C@H](N(Cc2cc(C(F)(F)F)cc(C(F)(F)F)c2)c2ncc(-c3cnn(C)c3)cn2)CN1C(C)=O. The van der Waals surface area contributed by atoms with Crippen LogP contribution in [0.2, 0.25) is 0 Å². The number of aryl methyl sites for hydroxylation is 1. The van der Waals surface area contributed by atoms with Crippen LogP contribution in [-0.2, 0) is 30.7 Å². The van der Waals surface area contributed by atoms with Crippen LogP contribution in [0.1, 0.15) is 43.4 Å². The van der Waals surface area contributed by atoms with E-state index in [1.165, 1.54) is 19.3 Å². The van der Waals surface area contributed by atoms with Crippen molar-refractivity contribution >= 4 is 11.9 Å². The lowest BCUT2D eigenvalue weighted by molar-refractivity contribution is -0.143. The number of anilines is 1. The molecule has 13 heteroatoms. The van der Waals surface area contributed by atoms with E-state index in [1.54, 1.807) is 33.9 Å². The maximum absolute atomic E-state index is 13.5. The van der Waals surface area contributed by atoms with E-state index in [1.807, 2.05) is 6.92 Å². The summed E-state index contributed by atoms with van der Waals surface area (Å²) >= 11 is 0. The molecule has 204 valence electrons. The highest BCUT2D eigenvalue weighted by Gasteiger charge is 2.39. The van der Waals surface area contributed by atoms with Crippen molar-refractivity contribution in [3.8, 4) is 11.1 Å². The third-order valence-electron chi connectivity index (χ3n) is 6.64. The van der Waals surface area contributed by atoms with Crippen molar-refractivity contribution in [1.29, 1.82) is 0 Å². The lowest BCUT2D eigenvalue weighted by Crippen LogP contribution is -2.39. The Kier molecular flexibility index (Phi) is 7.39. The van der Waals surface area contributed by atoms with Crippen molar-refractivity contribution in [3.05, 3.63) is 59.7 Å². The highest BCUT2D eigenvalue weighted by Crippen LogP contribution is 2.37. The molecular formula is C25H26F6N6O. The summed E-state index contributed by atoms with van der Waals surface area (Å²) in [5.74, 6) is -0.0283. The zero-order valence-corrected chi connectivity index (χ0v) is 20.9.